The first-order valence-corrected chi connectivity index (χ1v) is 5.51. The van der Waals surface area contributed by atoms with E-state index in [4.69, 9.17) is 39.5 Å². The Labute approximate surface area is 102 Å². The van der Waals surface area contributed by atoms with Gasteiger partial charge in [-0.05, 0) is 12.5 Å². The molecule has 0 saturated heterocycles. The van der Waals surface area contributed by atoms with Crippen LogP contribution in [0.2, 0.25) is 5.02 Å². The molecule has 1 aromatic heterocycles. The van der Waals surface area contributed by atoms with Crippen LogP contribution in [0, 0.1) is 5.92 Å². The van der Waals surface area contributed by atoms with E-state index in [-0.39, 0.29) is 12.5 Å². The summed E-state index contributed by atoms with van der Waals surface area (Å²) in [5.41, 5.74) is 0.329. The van der Waals surface area contributed by atoms with Crippen LogP contribution in [0.4, 0.5) is 0 Å². The molecule has 0 bridgehead atoms. The van der Waals surface area contributed by atoms with E-state index in [1.807, 2.05) is 0 Å². The zero-order chi connectivity index (χ0) is 11.1. The summed E-state index contributed by atoms with van der Waals surface area (Å²) in [7, 11) is 0. The lowest BCUT2D eigenvalue weighted by atomic mass is 10.4. The molecule has 2 rings (SSSR count). The van der Waals surface area contributed by atoms with Crippen molar-refractivity contribution in [1.29, 1.82) is 0 Å². The van der Waals surface area contributed by atoms with Gasteiger partial charge in [0.25, 0.3) is 0 Å². The van der Waals surface area contributed by atoms with E-state index >= 15 is 0 Å². The van der Waals surface area contributed by atoms with Crippen LogP contribution in [0.15, 0.2) is 12.3 Å². The fourth-order valence-corrected chi connectivity index (χ4v) is 1.85. The zero-order valence-corrected chi connectivity index (χ0v) is 9.86. The molecule has 1 aromatic rings. The Balaban J connectivity index is 1.83. The first-order valence-electron chi connectivity index (χ1n) is 4.38. The smallest absolute Gasteiger partial charge is 0.354 e. The lowest BCUT2D eigenvalue weighted by molar-refractivity contribution is 0.0479. The fraction of sp³-hybridized carbons (Fsp3) is 0.444. The average Bonchev–Trinajstić information content (AvgIpc) is 2.59. The van der Waals surface area contributed by atoms with Gasteiger partial charge in [0.2, 0.25) is 0 Å². The Morgan fingerprint density at radius 3 is 2.80 bits per heavy atom. The molecule has 0 radical (unpaired) electrons. The van der Waals surface area contributed by atoms with Gasteiger partial charge in [-0.2, -0.15) is 0 Å². The quantitative estimate of drug-likeness (QED) is 0.676. The minimum absolute atomic E-state index is 0.0372. The van der Waals surface area contributed by atoms with E-state index in [0.29, 0.717) is 17.1 Å². The molecule has 0 spiro atoms. The van der Waals surface area contributed by atoms with Gasteiger partial charge in [-0.15, -0.1) is 23.2 Å². The van der Waals surface area contributed by atoms with E-state index in [1.165, 1.54) is 12.3 Å². The lowest BCUT2D eigenvalue weighted by Crippen LogP contribution is -2.09. The van der Waals surface area contributed by atoms with E-state index < -0.39 is 10.3 Å². The molecule has 1 N–H and O–H groups in total. The minimum atomic E-state index is -0.715. The standard InChI is InChI=1S/C9H8Cl3NO2/c10-6-1-7(13-3-6)8(14)15-4-5-2-9(5,11)12/h1,3,5,13H,2,4H2. The number of hydrogen-bond acceptors (Lipinski definition) is 2. The van der Waals surface area contributed by atoms with Gasteiger partial charge in [-0.3, -0.25) is 0 Å². The van der Waals surface area contributed by atoms with Crippen molar-refractivity contribution in [3.63, 3.8) is 0 Å². The van der Waals surface area contributed by atoms with Gasteiger partial charge in [-0.1, -0.05) is 11.6 Å². The molecule has 0 amide bonds. The largest absolute Gasteiger partial charge is 0.461 e. The van der Waals surface area contributed by atoms with Crippen molar-refractivity contribution >= 4 is 40.8 Å². The molecule has 1 fully saturated rings. The van der Waals surface area contributed by atoms with Crippen molar-refractivity contribution in [2.24, 2.45) is 5.92 Å². The first-order chi connectivity index (χ1) is 6.99. The maximum atomic E-state index is 11.4. The highest BCUT2D eigenvalue weighted by atomic mass is 35.5. The molecule has 1 heterocycles. The van der Waals surface area contributed by atoms with Crippen LogP contribution in [0.5, 0.6) is 0 Å². The number of aromatic nitrogens is 1. The maximum absolute atomic E-state index is 11.4. The lowest BCUT2D eigenvalue weighted by Gasteiger charge is -2.02. The maximum Gasteiger partial charge on any atom is 0.354 e. The summed E-state index contributed by atoms with van der Waals surface area (Å²) in [4.78, 5) is 14.1. The molecule has 1 aliphatic carbocycles. The Kier molecular flexibility index (Phi) is 2.88. The molecule has 6 heteroatoms. The van der Waals surface area contributed by atoms with Crippen molar-refractivity contribution in [1.82, 2.24) is 4.98 Å². The predicted octanol–water partition coefficient (Wildman–Crippen LogP) is 3.02. The molecule has 0 aliphatic heterocycles. The second kappa shape index (κ2) is 3.89. The van der Waals surface area contributed by atoms with Crippen LogP contribution < -0.4 is 0 Å². The zero-order valence-electron chi connectivity index (χ0n) is 7.60. The van der Waals surface area contributed by atoms with E-state index in [2.05, 4.69) is 4.98 Å². The van der Waals surface area contributed by atoms with Crippen LogP contribution in [0.3, 0.4) is 0 Å². The van der Waals surface area contributed by atoms with Crippen molar-refractivity contribution in [2.75, 3.05) is 6.61 Å². The summed E-state index contributed by atoms with van der Waals surface area (Å²) in [5, 5.41) is 0.470. The Morgan fingerprint density at radius 1 is 1.67 bits per heavy atom. The first kappa shape index (κ1) is 11.1. The third-order valence-electron chi connectivity index (χ3n) is 2.24. The van der Waals surface area contributed by atoms with Crippen molar-refractivity contribution in [3.8, 4) is 0 Å². The number of halogens is 3. The molecule has 82 valence electrons. The van der Waals surface area contributed by atoms with Gasteiger partial charge in [-0.25, -0.2) is 4.79 Å². The number of carbonyl (C=O) groups is 1. The molecule has 3 nitrogen and oxygen atoms in total. The molecule has 1 aliphatic rings. The van der Waals surface area contributed by atoms with Crippen molar-refractivity contribution in [3.05, 3.63) is 23.0 Å². The van der Waals surface area contributed by atoms with E-state index in [9.17, 15) is 4.79 Å². The number of H-pyrrole nitrogens is 1. The summed E-state index contributed by atoms with van der Waals surface area (Å²) < 4.78 is 4.29. The number of esters is 1. The van der Waals surface area contributed by atoms with Gasteiger partial charge < -0.3 is 9.72 Å². The number of ether oxygens (including phenoxy) is 1. The van der Waals surface area contributed by atoms with Gasteiger partial charge in [0.1, 0.15) is 10.0 Å². The summed E-state index contributed by atoms with van der Waals surface area (Å²) in [5.74, 6) is -0.409. The van der Waals surface area contributed by atoms with Crippen molar-refractivity contribution in [2.45, 2.75) is 10.8 Å². The van der Waals surface area contributed by atoms with Crippen LogP contribution >= 0.6 is 34.8 Å². The topological polar surface area (TPSA) is 42.1 Å². The highest BCUT2D eigenvalue weighted by molar-refractivity contribution is 6.50. The third kappa shape index (κ3) is 2.60. The van der Waals surface area contributed by atoms with Crippen LogP contribution in [0.25, 0.3) is 0 Å². The number of rotatable bonds is 3. The van der Waals surface area contributed by atoms with E-state index in [0.717, 1.165) is 0 Å². The van der Waals surface area contributed by atoms with Gasteiger partial charge in [0, 0.05) is 12.1 Å². The number of hydrogen-bond donors (Lipinski definition) is 1. The Morgan fingerprint density at radius 2 is 2.33 bits per heavy atom. The van der Waals surface area contributed by atoms with Gasteiger partial charge >= 0.3 is 5.97 Å². The van der Waals surface area contributed by atoms with Crippen LogP contribution in [0.1, 0.15) is 16.9 Å². The second-order valence-corrected chi connectivity index (χ2v) is 5.47. The fourth-order valence-electron chi connectivity index (χ4n) is 1.19. The summed E-state index contributed by atoms with van der Waals surface area (Å²) in [6, 6.07) is 1.51. The van der Waals surface area contributed by atoms with Crippen LogP contribution in [-0.2, 0) is 4.74 Å². The monoisotopic (exact) mass is 267 g/mol. The normalized spacial score (nSPS) is 22.5. The molecule has 1 unspecified atom stereocenters. The molecule has 1 saturated carbocycles. The molecule has 1 atom stereocenters. The molecular formula is C9H8Cl3NO2. The number of nitrogens with one attached hydrogen (secondary N) is 1. The third-order valence-corrected chi connectivity index (χ3v) is 3.38. The van der Waals surface area contributed by atoms with E-state index in [1.54, 1.807) is 0 Å². The van der Waals surface area contributed by atoms with Crippen LogP contribution in [-0.4, -0.2) is 21.9 Å². The minimum Gasteiger partial charge on any atom is -0.461 e. The second-order valence-electron chi connectivity index (χ2n) is 3.49. The Bertz CT molecular complexity index is 388. The Hall–Kier alpha value is -0.380. The number of aromatic amines is 1. The molecule has 15 heavy (non-hydrogen) atoms. The SMILES string of the molecule is O=C(OCC1CC1(Cl)Cl)c1cc(Cl)c[nH]1. The van der Waals surface area contributed by atoms with Crippen molar-refractivity contribution < 1.29 is 9.53 Å². The summed E-state index contributed by atoms with van der Waals surface area (Å²) in [6.07, 6.45) is 2.18. The van der Waals surface area contributed by atoms with Gasteiger partial charge in [0.15, 0.2) is 0 Å². The van der Waals surface area contributed by atoms with Gasteiger partial charge in [0.05, 0.1) is 11.6 Å². The number of alkyl halides is 2. The highest BCUT2D eigenvalue weighted by Gasteiger charge is 2.52. The summed E-state index contributed by atoms with van der Waals surface area (Å²) >= 11 is 17.2. The number of carbonyl (C=O) groups excluding carboxylic acids is 1. The summed E-state index contributed by atoms with van der Waals surface area (Å²) in [6.45, 7) is 0.239. The highest BCUT2D eigenvalue weighted by Crippen LogP contribution is 2.53. The predicted molar refractivity (Wildman–Crippen MR) is 58.6 cm³/mol. The molecule has 0 aromatic carbocycles. The molecular weight excluding hydrogens is 260 g/mol. The average molecular weight is 269 g/mol.